The molecule has 0 aliphatic heterocycles. The predicted molar refractivity (Wildman–Crippen MR) is 133 cm³/mol. The molecule has 2 N–H and O–H groups in total. The number of H-pyrrole nitrogens is 1. The molecule has 0 bridgehead atoms. The number of carboxylic acid groups (broad SMARTS) is 1. The number of benzene rings is 1. The van der Waals surface area contributed by atoms with Gasteiger partial charge in [-0.15, -0.1) is 0 Å². The number of ether oxygens (including phenoxy) is 2. The molecule has 1 aliphatic rings. The van der Waals surface area contributed by atoms with Gasteiger partial charge in [0.2, 0.25) is 5.62 Å². The van der Waals surface area contributed by atoms with Crippen molar-refractivity contribution in [2.45, 2.75) is 25.9 Å². The molecule has 12 nitrogen and oxygen atoms in total. The van der Waals surface area contributed by atoms with Crippen molar-refractivity contribution in [3.8, 4) is 17.5 Å². The van der Waals surface area contributed by atoms with Gasteiger partial charge in [0.1, 0.15) is 5.75 Å². The summed E-state index contributed by atoms with van der Waals surface area (Å²) in [6, 6.07) is 6.69. The lowest BCUT2D eigenvalue weighted by atomic mass is 10.0. The quantitative estimate of drug-likeness (QED) is 0.430. The Morgan fingerprint density at radius 3 is 2.54 bits per heavy atom. The van der Waals surface area contributed by atoms with E-state index in [0.29, 0.717) is 28.6 Å². The van der Waals surface area contributed by atoms with Crippen molar-refractivity contribution >= 4 is 23.3 Å². The molecular weight excluding hydrogens is 504 g/mol. The van der Waals surface area contributed by atoms with Crippen LogP contribution in [0.4, 0.5) is 5.69 Å². The van der Waals surface area contributed by atoms with Gasteiger partial charge < -0.3 is 14.6 Å². The molecule has 2 heterocycles. The summed E-state index contributed by atoms with van der Waals surface area (Å²) >= 11 is 6.01. The molecule has 1 aliphatic carbocycles. The Labute approximate surface area is 214 Å². The van der Waals surface area contributed by atoms with E-state index in [1.165, 1.54) is 24.1 Å². The van der Waals surface area contributed by atoms with Crippen LogP contribution in [0.2, 0.25) is 0 Å². The van der Waals surface area contributed by atoms with Crippen LogP contribution in [0.5, 0.6) is 17.5 Å². The lowest BCUT2D eigenvalue weighted by Crippen LogP contribution is -2.50. The Bertz CT molecular complexity index is 1520. The third kappa shape index (κ3) is 6.61. The lowest BCUT2D eigenvalue weighted by molar-refractivity contribution is -0.137. The zero-order valence-corrected chi connectivity index (χ0v) is 20.5. The first-order valence-corrected chi connectivity index (χ1v) is 11.6. The van der Waals surface area contributed by atoms with Gasteiger partial charge in [-0.2, -0.15) is 9.97 Å². The molecule has 0 fully saturated rings. The van der Waals surface area contributed by atoms with E-state index in [1.54, 1.807) is 30.3 Å². The zero-order valence-electron chi connectivity index (χ0n) is 19.7. The van der Waals surface area contributed by atoms with Crippen LogP contribution in [0, 0.1) is 5.92 Å². The molecule has 0 amide bonds. The fourth-order valence-electron chi connectivity index (χ4n) is 3.50. The number of halogens is 1. The number of hydrogen-bond acceptors (Lipinski definition) is 8. The Morgan fingerprint density at radius 2 is 1.92 bits per heavy atom. The summed E-state index contributed by atoms with van der Waals surface area (Å²) in [6.45, 7) is -0.0653. The molecule has 13 heteroatoms. The number of aliphatic carboxylic acids is 1. The van der Waals surface area contributed by atoms with Crippen molar-refractivity contribution in [2.75, 3.05) is 7.11 Å². The van der Waals surface area contributed by atoms with E-state index in [4.69, 9.17) is 26.2 Å². The number of nitrogens with zero attached hydrogens (tertiary/aromatic N) is 5. The molecule has 192 valence electrons. The minimum atomic E-state index is -1.12. The van der Waals surface area contributed by atoms with Crippen LogP contribution < -0.4 is 26.5 Å². The highest BCUT2D eigenvalue weighted by molar-refractivity contribution is 6.31. The number of hydrogen-bond donors (Lipinski definition) is 2. The maximum absolute atomic E-state index is 13.2. The van der Waals surface area contributed by atoms with Gasteiger partial charge in [0.05, 0.1) is 31.6 Å². The van der Waals surface area contributed by atoms with Gasteiger partial charge in [-0.3, -0.25) is 14.3 Å². The maximum atomic E-state index is 13.2. The molecule has 0 saturated heterocycles. The standard InChI is InChI=1S/C24H23ClN6O6/c1-36-19-12-26-22(27-13-19)37-18-8-6-17(7-9-18)28-21-29-23(34)30(11-10-20(32)33)24(35)31(21)14-15-2-4-16(25)5-3-15/h2,4-9,12-13,15H,3,10-11,14H2,1H3,(H,32,33)(H,28,29,34). The number of aromatic nitrogens is 5. The van der Waals surface area contributed by atoms with Gasteiger partial charge in [0, 0.05) is 18.1 Å². The number of allylic oxidation sites excluding steroid dienone is 4. The summed E-state index contributed by atoms with van der Waals surface area (Å²) in [5.41, 5.74) is -0.936. The predicted octanol–water partition coefficient (Wildman–Crippen LogP) is 2.33. The Morgan fingerprint density at radius 1 is 1.19 bits per heavy atom. The third-order valence-corrected chi connectivity index (χ3v) is 5.69. The van der Waals surface area contributed by atoms with Crippen LogP contribution in [0.3, 0.4) is 0 Å². The zero-order chi connectivity index (χ0) is 26.4. The van der Waals surface area contributed by atoms with Crippen LogP contribution in [0.15, 0.2) is 74.5 Å². The summed E-state index contributed by atoms with van der Waals surface area (Å²) in [5.74, 6) is -0.251. The first-order chi connectivity index (χ1) is 17.8. The Balaban J connectivity index is 1.66. The summed E-state index contributed by atoms with van der Waals surface area (Å²) in [6.07, 6.45) is 8.63. The topological polar surface area (TPSA) is 154 Å². The molecular formula is C24H23ClN6O6. The van der Waals surface area contributed by atoms with Gasteiger partial charge in [-0.1, -0.05) is 23.8 Å². The average Bonchev–Trinajstić information content (AvgIpc) is 2.89. The normalized spacial score (nSPS) is 15.4. The van der Waals surface area contributed by atoms with E-state index in [0.717, 1.165) is 4.57 Å². The second-order valence-electron chi connectivity index (χ2n) is 8.00. The van der Waals surface area contributed by atoms with Crippen LogP contribution >= 0.6 is 11.6 Å². The SMILES string of the molecule is COc1cnc(Oc2ccc(/N=c3\[nH]c(=O)n(CCC(=O)O)c(=O)n3CC3C=CC(Cl)=CC3)cc2)nc1. The number of rotatable bonds is 9. The maximum Gasteiger partial charge on any atom is 0.335 e. The Hall–Kier alpha value is -4.45. The van der Waals surface area contributed by atoms with E-state index < -0.39 is 17.3 Å². The molecule has 4 rings (SSSR count). The van der Waals surface area contributed by atoms with Crippen molar-refractivity contribution in [3.63, 3.8) is 0 Å². The summed E-state index contributed by atoms with van der Waals surface area (Å²) < 4.78 is 12.8. The van der Waals surface area contributed by atoms with Gasteiger partial charge >= 0.3 is 23.4 Å². The number of carboxylic acids is 1. The first-order valence-electron chi connectivity index (χ1n) is 11.2. The second kappa shape index (κ2) is 11.5. The fourth-order valence-corrected chi connectivity index (χ4v) is 3.66. The van der Waals surface area contributed by atoms with Gasteiger partial charge in [-0.05, 0) is 42.7 Å². The van der Waals surface area contributed by atoms with Crippen LogP contribution in [-0.2, 0) is 17.9 Å². The minimum absolute atomic E-state index is 0.0304. The van der Waals surface area contributed by atoms with E-state index in [1.807, 2.05) is 12.2 Å². The summed E-state index contributed by atoms with van der Waals surface area (Å²) in [4.78, 5) is 52.0. The molecule has 1 aromatic carbocycles. The van der Waals surface area contributed by atoms with E-state index in [-0.39, 0.29) is 37.1 Å². The van der Waals surface area contributed by atoms with Crippen LogP contribution in [0.25, 0.3) is 0 Å². The van der Waals surface area contributed by atoms with Gasteiger partial charge in [0.15, 0.2) is 5.75 Å². The van der Waals surface area contributed by atoms with E-state index in [2.05, 4.69) is 19.9 Å². The summed E-state index contributed by atoms with van der Waals surface area (Å²) in [5, 5.41) is 9.60. The monoisotopic (exact) mass is 526 g/mol. The highest BCUT2D eigenvalue weighted by atomic mass is 35.5. The van der Waals surface area contributed by atoms with E-state index in [9.17, 15) is 14.4 Å². The van der Waals surface area contributed by atoms with Crippen LogP contribution in [-0.4, -0.2) is 42.3 Å². The molecule has 0 radical (unpaired) electrons. The van der Waals surface area contributed by atoms with Gasteiger partial charge in [0.25, 0.3) is 0 Å². The number of aromatic amines is 1. The van der Waals surface area contributed by atoms with Crippen molar-refractivity contribution < 1.29 is 19.4 Å². The van der Waals surface area contributed by atoms with E-state index >= 15 is 0 Å². The minimum Gasteiger partial charge on any atom is -0.494 e. The van der Waals surface area contributed by atoms with Gasteiger partial charge in [-0.25, -0.2) is 19.1 Å². The van der Waals surface area contributed by atoms with Crippen molar-refractivity contribution in [2.24, 2.45) is 10.9 Å². The van der Waals surface area contributed by atoms with Crippen molar-refractivity contribution in [1.29, 1.82) is 0 Å². The van der Waals surface area contributed by atoms with Crippen molar-refractivity contribution in [3.05, 3.63) is 86.5 Å². The highest BCUT2D eigenvalue weighted by Gasteiger charge is 2.15. The molecule has 1 atom stereocenters. The third-order valence-electron chi connectivity index (χ3n) is 5.41. The lowest BCUT2D eigenvalue weighted by Gasteiger charge is -2.17. The average molecular weight is 527 g/mol. The highest BCUT2D eigenvalue weighted by Crippen LogP contribution is 2.22. The number of nitrogens with one attached hydrogen (secondary N) is 1. The van der Waals surface area contributed by atoms with Crippen molar-refractivity contribution in [1.82, 2.24) is 24.1 Å². The Kier molecular flexibility index (Phi) is 7.98. The molecule has 1 unspecified atom stereocenters. The molecule has 2 aromatic heterocycles. The largest absolute Gasteiger partial charge is 0.494 e. The number of methoxy groups -OCH3 is 1. The second-order valence-corrected chi connectivity index (χ2v) is 8.44. The summed E-state index contributed by atoms with van der Waals surface area (Å²) in [7, 11) is 1.51. The number of carbonyl (C=O) groups is 1. The fraction of sp³-hybridized carbons (Fsp3) is 0.250. The molecule has 0 saturated carbocycles. The molecule has 0 spiro atoms. The molecule has 37 heavy (non-hydrogen) atoms. The molecule has 3 aromatic rings. The smallest absolute Gasteiger partial charge is 0.335 e. The first kappa shape index (κ1) is 25.6. The van der Waals surface area contributed by atoms with Crippen LogP contribution in [0.1, 0.15) is 12.8 Å².